The fraction of sp³-hybridized carbons (Fsp3) is 0.375. The molecule has 1 aliphatic rings. The molecule has 3 nitrogen and oxygen atoms in total. The fourth-order valence-corrected chi connectivity index (χ4v) is 2.65. The minimum atomic E-state index is 0.256. The molecule has 0 spiro atoms. The molecule has 3 heteroatoms. The van der Waals surface area contributed by atoms with Gasteiger partial charge in [-0.2, -0.15) is 0 Å². The van der Waals surface area contributed by atoms with Crippen LogP contribution in [0.25, 0.3) is 0 Å². The van der Waals surface area contributed by atoms with Crippen molar-refractivity contribution in [3.8, 4) is 5.75 Å². The molecule has 0 aliphatic carbocycles. The first-order valence-electron chi connectivity index (χ1n) is 6.89. The van der Waals surface area contributed by atoms with Crippen molar-refractivity contribution in [2.45, 2.75) is 31.8 Å². The molecule has 100 valence electrons. The molecular formula is C16H19NO2. The second-order valence-corrected chi connectivity index (χ2v) is 4.87. The molecule has 1 aliphatic heterocycles. The summed E-state index contributed by atoms with van der Waals surface area (Å²) in [5, 5.41) is 3.69. The number of nitrogens with one attached hydrogen (secondary N) is 1. The summed E-state index contributed by atoms with van der Waals surface area (Å²) in [7, 11) is 0. The lowest BCUT2D eigenvalue weighted by molar-refractivity contribution is 0.237. The van der Waals surface area contributed by atoms with Crippen LogP contribution in [0.1, 0.15) is 43.2 Å². The van der Waals surface area contributed by atoms with Crippen molar-refractivity contribution >= 4 is 0 Å². The third-order valence-corrected chi connectivity index (χ3v) is 3.66. The topological polar surface area (TPSA) is 34.4 Å². The first-order chi connectivity index (χ1) is 9.38. The molecule has 0 bridgehead atoms. The molecule has 0 radical (unpaired) electrons. The summed E-state index contributed by atoms with van der Waals surface area (Å²) >= 11 is 0. The lowest BCUT2D eigenvalue weighted by Crippen LogP contribution is -2.30. The van der Waals surface area contributed by atoms with Crippen LogP contribution in [0.3, 0.4) is 0 Å². The fourth-order valence-electron chi connectivity index (χ4n) is 2.65. The van der Waals surface area contributed by atoms with Crippen LogP contribution in [-0.4, -0.2) is 6.61 Å². The van der Waals surface area contributed by atoms with Gasteiger partial charge in [0.05, 0.1) is 18.9 Å². The zero-order valence-corrected chi connectivity index (χ0v) is 11.1. The van der Waals surface area contributed by atoms with E-state index in [9.17, 15) is 0 Å². The summed E-state index contributed by atoms with van der Waals surface area (Å²) < 4.78 is 11.2. The van der Waals surface area contributed by atoms with Crippen LogP contribution in [0.5, 0.6) is 5.75 Å². The van der Waals surface area contributed by atoms with Gasteiger partial charge in [-0.1, -0.05) is 25.1 Å². The van der Waals surface area contributed by atoms with Crippen molar-refractivity contribution in [1.29, 1.82) is 0 Å². The summed E-state index contributed by atoms with van der Waals surface area (Å²) in [6.45, 7) is 2.94. The van der Waals surface area contributed by atoms with Crippen LogP contribution >= 0.6 is 0 Å². The number of fused-ring (bicyclic) bond motifs is 1. The molecule has 2 heterocycles. The van der Waals surface area contributed by atoms with Crippen LogP contribution in [0.4, 0.5) is 0 Å². The van der Waals surface area contributed by atoms with E-state index in [1.165, 1.54) is 5.56 Å². The van der Waals surface area contributed by atoms with Gasteiger partial charge < -0.3 is 14.5 Å². The van der Waals surface area contributed by atoms with Gasteiger partial charge in [0.25, 0.3) is 0 Å². The van der Waals surface area contributed by atoms with E-state index in [1.54, 1.807) is 6.26 Å². The molecule has 0 saturated heterocycles. The Morgan fingerprint density at radius 2 is 2.16 bits per heavy atom. The monoisotopic (exact) mass is 257 g/mol. The Kier molecular flexibility index (Phi) is 3.56. The third-order valence-electron chi connectivity index (χ3n) is 3.66. The summed E-state index contributed by atoms with van der Waals surface area (Å²) in [5.74, 6) is 2.01. The highest BCUT2D eigenvalue weighted by Crippen LogP contribution is 2.33. The van der Waals surface area contributed by atoms with E-state index in [1.807, 2.05) is 24.3 Å². The molecule has 0 fully saturated rings. The van der Waals surface area contributed by atoms with Crippen molar-refractivity contribution in [2.75, 3.05) is 6.61 Å². The van der Waals surface area contributed by atoms with Gasteiger partial charge in [-0.25, -0.2) is 0 Å². The Bertz CT molecular complexity index is 521. The van der Waals surface area contributed by atoms with Crippen molar-refractivity contribution in [3.05, 3.63) is 54.0 Å². The highest BCUT2D eigenvalue weighted by molar-refractivity contribution is 5.37. The smallest absolute Gasteiger partial charge is 0.124 e. The zero-order chi connectivity index (χ0) is 13.1. The van der Waals surface area contributed by atoms with E-state index >= 15 is 0 Å². The average Bonchev–Trinajstić information content (AvgIpc) is 2.99. The Morgan fingerprint density at radius 3 is 2.95 bits per heavy atom. The number of rotatable bonds is 4. The first kappa shape index (κ1) is 12.3. The first-order valence-corrected chi connectivity index (χ1v) is 6.89. The summed E-state index contributed by atoms with van der Waals surface area (Å²) in [4.78, 5) is 0. The molecule has 1 aromatic carbocycles. The van der Waals surface area contributed by atoms with Crippen LogP contribution in [0, 0.1) is 0 Å². The standard InChI is InChI=1S/C16H19NO2/c1-2-13(16-8-5-10-18-16)17-14-9-11-19-15-7-4-3-6-12(14)15/h3-8,10,13-14,17H,2,9,11H2,1H3. The summed E-state index contributed by atoms with van der Waals surface area (Å²) in [6.07, 6.45) is 3.73. The molecule has 2 unspecified atom stereocenters. The molecule has 1 N–H and O–H groups in total. The Labute approximate surface area is 113 Å². The molecule has 2 aromatic rings. The van der Waals surface area contributed by atoms with Gasteiger partial charge in [-0.15, -0.1) is 0 Å². The maximum atomic E-state index is 5.70. The molecule has 3 rings (SSSR count). The van der Waals surface area contributed by atoms with Gasteiger partial charge in [0.1, 0.15) is 11.5 Å². The molecule has 2 atom stereocenters. The van der Waals surface area contributed by atoms with E-state index in [-0.39, 0.29) is 6.04 Å². The Balaban J connectivity index is 1.80. The van der Waals surface area contributed by atoms with Crippen molar-refractivity contribution in [3.63, 3.8) is 0 Å². The van der Waals surface area contributed by atoms with Gasteiger partial charge in [0, 0.05) is 18.0 Å². The number of furan rings is 1. The third kappa shape index (κ3) is 2.51. The number of benzene rings is 1. The summed E-state index contributed by atoms with van der Waals surface area (Å²) in [6, 6.07) is 12.8. The van der Waals surface area contributed by atoms with Gasteiger partial charge >= 0.3 is 0 Å². The van der Waals surface area contributed by atoms with Crippen LogP contribution in [0.2, 0.25) is 0 Å². The van der Waals surface area contributed by atoms with E-state index in [0.29, 0.717) is 6.04 Å². The zero-order valence-electron chi connectivity index (χ0n) is 11.1. The van der Waals surface area contributed by atoms with Gasteiger partial charge in [0.15, 0.2) is 0 Å². The minimum Gasteiger partial charge on any atom is -0.493 e. The summed E-state index contributed by atoms with van der Waals surface area (Å²) in [5.41, 5.74) is 1.25. The van der Waals surface area contributed by atoms with Gasteiger partial charge in [0.2, 0.25) is 0 Å². The maximum absolute atomic E-state index is 5.70. The average molecular weight is 257 g/mol. The lowest BCUT2D eigenvalue weighted by Gasteiger charge is -2.29. The quantitative estimate of drug-likeness (QED) is 0.903. The molecule has 19 heavy (non-hydrogen) atoms. The van der Waals surface area contributed by atoms with Gasteiger partial charge in [-0.3, -0.25) is 0 Å². The highest BCUT2D eigenvalue weighted by Gasteiger charge is 2.24. The molecule has 1 aromatic heterocycles. The SMILES string of the molecule is CCC(NC1CCOc2ccccc21)c1ccco1. The maximum Gasteiger partial charge on any atom is 0.124 e. The molecular weight excluding hydrogens is 238 g/mol. The van der Waals surface area contributed by atoms with Crippen molar-refractivity contribution in [1.82, 2.24) is 5.32 Å². The van der Waals surface area contributed by atoms with E-state index in [2.05, 4.69) is 24.4 Å². The Hall–Kier alpha value is -1.74. The van der Waals surface area contributed by atoms with Crippen molar-refractivity contribution in [2.24, 2.45) is 0 Å². The van der Waals surface area contributed by atoms with E-state index in [4.69, 9.17) is 9.15 Å². The van der Waals surface area contributed by atoms with Crippen LogP contribution in [0.15, 0.2) is 47.1 Å². The second kappa shape index (κ2) is 5.49. The molecule has 0 amide bonds. The normalized spacial score (nSPS) is 19.5. The largest absolute Gasteiger partial charge is 0.493 e. The van der Waals surface area contributed by atoms with Crippen LogP contribution in [-0.2, 0) is 0 Å². The predicted octanol–water partition coefficient (Wildman–Crippen LogP) is 3.84. The van der Waals surface area contributed by atoms with E-state index < -0.39 is 0 Å². The lowest BCUT2D eigenvalue weighted by atomic mass is 9.99. The number of ether oxygens (including phenoxy) is 1. The van der Waals surface area contributed by atoms with Gasteiger partial charge in [-0.05, 0) is 24.6 Å². The minimum absolute atomic E-state index is 0.256. The predicted molar refractivity (Wildman–Crippen MR) is 74.2 cm³/mol. The van der Waals surface area contributed by atoms with Crippen LogP contribution < -0.4 is 10.1 Å². The second-order valence-electron chi connectivity index (χ2n) is 4.87. The number of para-hydroxylation sites is 1. The Morgan fingerprint density at radius 1 is 1.26 bits per heavy atom. The highest BCUT2D eigenvalue weighted by atomic mass is 16.5. The van der Waals surface area contributed by atoms with E-state index in [0.717, 1.165) is 31.0 Å². The number of hydrogen-bond donors (Lipinski definition) is 1. The van der Waals surface area contributed by atoms with Crippen molar-refractivity contribution < 1.29 is 9.15 Å². The number of hydrogen-bond acceptors (Lipinski definition) is 3. The molecule has 0 saturated carbocycles.